The summed E-state index contributed by atoms with van der Waals surface area (Å²) in [7, 11) is 0. The summed E-state index contributed by atoms with van der Waals surface area (Å²) in [6.45, 7) is 3.69. The van der Waals surface area contributed by atoms with Gasteiger partial charge in [-0.05, 0) is 38.0 Å². The molecule has 0 heterocycles. The highest BCUT2D eigenvalue weighted by Gasteiger charge is 2.21. The summed E-state index contributed by atoms with van der Waals surface area (Å²) in [5.74, 6) is 0. The van der Waals surface area contributed by atoms with E-state index in [2.05, 4.69) is 17.4 Å². The second-order valence-corrected chi connectivity index (χ2v) is 5.49. The van der Waals surface area contributed by atoms with Gasteiger partial charge in [0.05, 0.1) is 11.6 Å². The van der Waals surface area contributed by atoms with E-state index in [-0.39, 0.29) is 6.04 Å². The molecular formula is C17H21NO. The fourth-order valence-electron chi connectivity index (χ4n) is 2.17. The van der Waals surface area contributed by atoms with Crippen LogP contribution < -0.4 is 5.32 Å². The molecule has 0 amide bonds. The molecule has 0 radical (unpaired) electrons. The molecule has 0 aliphatic heterocycles. The van der Waals surface area contributed by atoms with Crippen LogP contribution in [-0.4, -0.2) is 10.7 Å². The average Bonchev–Trinajstić information content (AvgIpc) is 2.39. The maximum atomic E-state index is 10.1. The van der Waals surface area contributed by atoms with Crippen LogP contribution in [0.1, 0.15) is 31.9 Å². The maximum Gasteiger partial charge on any atom is 0.0614 e. The zero-order valence-corrected chi connectivity index (χ0v) is 11.5. The predicted molar refractivity (Wildman–Crippen MR) is 80.2 cm³/mol. The fraction of sp³-hybridized carbons (Fsp3) is 0.294. The smallest absolute Gasteiger partial charge is 0.0614 e. The molecule has 1 atom stereocenters. The van der Waals surface area contributed by atoms with E-state index in [0.29, 0.717) is 6.42 Å². The number of benzene rings is 2. The molecular weight excluding hydrogens is 234 g/mol. The Hall–Kier alpha value is -1.80. The summed E-state index contributed by atoms with van der Waals surface area (Å²) >= 11 is 0. The molecule has 19 heavy (non-hydrogen) atoms. The minimum absolute atomic E-state index is 0.101. The van der Waals surface area contributed by atoms with Crippen molar-refractivity contribution in [3.8, 4) is 0 Å². The van der Waals surface area contributed by atoms with Gasteiger partial charge in [-0.2, -0.15) is 0 Å². The van der Waals surface area contributed by atoms with Gasteiger partial charge in [-0.15, -0.1) is 0 Å². The van der Waals surface area contributed by atoms with Crippen molar-refractivity contribution in [2.45, 2.75) is 31.9 Å². The summed E-state index contributed by atoms with van der Waals surface area (Å²) in [5.41, 5.74) is 1.55. The van der Waals surface area contributed by atoms with Gasteiger partial charge in [0.1, 0.15) is 0 Å². The summed E-state index contributed by atoms with van der Waals surface area (Å²) < 4.78 is 0. The van der Waals surface area contributed by atoms with Crippen LogP contribution in [0.15, 0.2) is 60.7 Å². The number of rotatable bonds is 5. The summed E-state index contributed by atoms with van der Waals surface area (Å²) in [4.78, 5) is 0. The molecule has 0 bridgehead atoms. The number of hydrogen-bond acceptors (Lipinski definition) is 2. The molecule has 0 fully saturated rings. The molecule has 0 aliphatic rings. The Labute approximate surface area is 115 Å². The van der Waals surface area contributed by atoms with E-state index in [1.54, 1.807) is 0 Å². The highest BCUT2D eigenvalue weighted by molar-refractivity contribution is 5.45. The van der Waals surface area contributed by atoms with Gasteiger partial charge in [-0.25, -0.2) is 0 Å². The topological polar surface area (TPSA) is 32.3 Å². The van der Waals surface area contributed by atoms with E-state index in [9.17, 15) is 5.11 Å². The number of anilines is 1. The lowest BCUT2D eigenvalue weighted by molar-refractivity contribution is 0.0655. The fourth-order valence-corrected chi connectivity index (χ4v) is 2.17. The van der Waals surface area contributed by atoms with Crippen molar-refractivity contribution >= 4 is 5.69 Å². The Morgan fingerprint density at radius 3 is 2.00 bits per heavy atom. The first-order valence-corrected chi connectivity index (χ1v) is 6.63. The van der Waals surface area contributed by atoms with Crippen LogP contribution in [0.3, 0.4) is 0 Å². The molecule has 2 aromatic rings. The van der Waals surface area contributed by atoms with E-state index in [4.69, 9.17) is 0 Å². The summed E-state index contributed by atoms with van der Waals surface area (Å²) in [6.07, 6.45) is 0.659. The molecule has 0 saturated carbocycles. The number of hydrogen-bond donors (Lipinski definition) is 2. The van der Waals surface area contributed by atoms with Crippen LogP contribution in [0, 0.1) is 0 Å². The van der Waals surface area contributed by atoms with Crippen molar-refractivity contribution in [2.75, 3.05) is 5.32 Å². The first-order valence-electron chi connectivity index (χ1n) is 6.63. The molecule has 0 spiro atoms. The van der Waals surface area contributed by atoms with Crippen molar-refractivity contribution in [3.63, 3.8) is 0 Å². The van der Waals surface area contributed by atoms with Crippen molar-refractivity contribution < 1.29 is 5.11 Å². The monoisotopic (exact) mass is 255 g/mol. The van der Waals surface area contributed by atoms with Crippen molar-refractivity contribution in [2.24, 2.45) is 0 Å². The molecule has 0 aromatic heterocycles. The van der Waals surface area contributed by atoms with E-state index in [1.807, 2.05) is 62.4 Å². The van der Waals surface area contributed by atoms with Crippen LogP contribution >= 0.6 is 0 Å². The van der Waals surface area contributed by atoms with Gasteiger partial charge in [-0.3, -0.25) is 0 Å². The number of para-hydroxylation sites is 1. The van der Waals surface area contributed by atoms with E-state index < -0.39 is 5.60 Å². The molecule has 2 heteroatoms. The lowest BCUT2D eigenvalue weighted by Crippen LogP contribution is -2.26. The number of aliphatic hydroxyl groups is 1. The van der Waals surface area contributed by atoms with Gasteiger partial charge in [0.15, 0.2) is 0 Å². The van der Waals surface area contributed by atoms with Crippen LogP contribution in [0.2, 0.25) is 0 Å². The van der Waals surface area contributed by atoms with Crippen LogP contribution in [0.5, 0.6) is 0 Å². The van der Waals surface area contributed by atoms with Gasteiger partial charge in [-0.1, -0.05) is 48.5 Å². The maximum absolute atomic E-state index is 10.1. The second kappa shape index (κ2) is 5.89. The first-order chi connectivity index (χ1) is 9.04. The van der Waals surface area contributed by atoms with Gasteiger partial charge < -0.3 is 10.4 Å². The van der Waals surface area contributed by atoms with Gasteiger partial charge in [0.25, 0.3) is 0 Å². The summed E-state index contributed by atoms with van der Waals surface area (Å²) in [6, 6.07) is 20.4. The standard InChI is InChI=1S/C17H21NO/c1-17(2,19)13-16(14-9-5-3-6-10-14)18-15-11-7-4-8-12-15/h3-12,16,18-19H,13H2,1-2H3. The lowest BCUT2D eigenvalue weighted by Gasteiger charge is -2.27. The average molecular weight is 255 g/mol. The molecule has 2 aromatic carbocycles. The number of nitrogens with one attached hydrogen (secondary N) is 1. The second-order valence-electron chi connectivity index (χ2n) is 5.49. The van der Waals surface area contributed by atoms with Crippen molar-refractivity contribution in [1.82, 2.24) is 0 Å². The molecule has 0 saturated heterocycles. The zero-order valence-electron chi connectivity index (χ0n) is 11.5. The molecule has 2 nitrogen and oxygen atoms in total. The Kier molecular flexibility index (Phi) is 4.23. The van der Waals surface area contributed by atoms with Crippen LogP contribution in [0.4, 0.5) is 5.69 Å². The molecule has 1 unspecified atom stereocenters. The van der Waals surface area contributed by atoms with E-state index in [0.717, 1.165) is 5.69 Å². The van der Waals surface area contributed by atoms with E-state index >= 15 is 0 Å². The Morgan fingerprint density at radius 2 is 1.47 bits per heavy atom. The van der Waals surface area contributed by atoms with Gasteiger partial charge >= 0.3 is 0 Å². The quantitative estimate of drug-likeness (QED) is 0.846. The first kappa shape index (κ1) is 13.6. The Balaban J connectivity index is 2.20. The third kappa shape index (κ3) is 4.42. The molecule has 0 aliphatic carbocycles. The third-order valence-electron chi connectivity index (χ3n) is 3.02. The minimum atomic E-state index is -0.706. The lowest BCUT2D eigenvalue weighted by atomic mass is 9.93. The highest BCUT2D eigenvalue weighted by Crippen LogP contribution is 2.27. The highest BCUT2D eigenvalue weighted by atomic mass is 16.3. The zero-order chi connectivity index (χ0) is 13.7. The van der Waals surface area contributed by atoms with Gasteiger partial charge in [0.2, 0.25) is 0 Å². The van der Waals surface area contributed by atoms with Gasteiger partial charge in [0, 0.05) is 5.69 Å². The van der Waals surface area contributed by atoms with Crippen molar-refractivity contribution in [1.29, 1.82) is 0 Å². The predicted octanol–water partition coefficient (Wildman–Crippen LogP) is 4.00. The normalized spacial score (nSPS) is 13.0. The molecule has 100 valence electrons. The summed E-state index contributed by atoms with van der Waals surface area (Å²) in [5, 5.41) is 13.6. The Morgan fingerprint density at radius 1 is 0.947 bits per heavy atom. The van der Waals surface area contributed by atoms with E-state index in [1.165, 1.54) is 5.56 Å². The molecule has 2 N–H and O–H groups in total. The SMILES string of the molecule is CC(C)(O)CC(Nc1ccccc1)c1ccccc1. The molecule has 2 rings (SSSR count). The van der Waals surface area contributed by atoms with Crippen LogP contribution in [-0.2, 0) is 0 Å². The van der Waals surface area contributed by atoms with Crippen molar-refractivity contribution in [3.05, 3.63) is 66.2 Å². The third-order valence-corrected chi connectivity index (χ3v) is 3.02. The minimum Gasteiger partial charge on any atom is -0.390 e. The largest absolute Gasteiger partial charge is 0.390 e. The van der Waals surface area contributed by atoms with Crippen LogP contribution in [0.25, 0.3) is 0 Å². The Bertz CT molecular complexity index is 488.